The van der Waals surface area contributed by atoms with E-state index in [0.717, 1.165) is 37.9 Å². The first kappa shape index (κ1) is 17.2. The Morgan fingerprint density at radius 2 is 2.08 bits per heavy atom. The number of rotatable bonds is 3. The molecule has 0 aliphatic carbocycles. The number of ether oxygens (including phenoxy) is 2. The van der Waals surface area contributed by atoms with Gasteiger partial charge in [0.15, 0.2) is 5.82 Å². The van der Waals surface area contributed by atoms with Crippen molar-refractivity contribution in [2.75, 3.05) is 26.8 Å². The molecule has 7 nitrogen and oxygen atoms in total. The standard InChI is InChI=1S/C19H24N4O3/c1-25-16-3-2-12-26-19(16)8-10-23(11-9-19)18(24)15-6-4-14(5-7-15)17-20-13-21-22-17/h4-7,13,16H,2-3,8-12H2,1H3,(H,20,21,22)/t16-/m0/s1. The van der Waals surface area contributed by atoms with Crippen molar-refractivity contribution in [2.45, 2.75) is 37.4 Å². The zero-order valence-corrected chi connectivity index (χ0v) is 15.0. The van der Waals surface area contributed by atoms with Gasteiger partial charge in [-0.2, -0.15) is 5.10 Å². The molecule has 138 valence electrons. The summed E-state index contributed by atoms with van der Waals surface area (Å²) in [6, 6.07) is 7.48. The van der Waals surface area contributed by atoms with Gasteiger partial charge in [-0.05, 0) is 37.8 Å². The fourth-order valence-electron chi connectivity index (χ4n) is 4.09. The van der Waals surface area contributed by atoms with E-state index in [2.05, 4.69) is 15.2 Å². The lowest BCUT2D eigenvalue weighted by molar-refractivity contribution is -0.183. The Balaban J connectivity index is 1.42. The normalized spacial score (nSPS) is 22.5. The number of nitrogens with zero attached hydrogens (tertiary/aromatic N) is 3. The first-order chi connectivity index (χ1) is 12.7. The van der Waals surface area contributed by atoms with Gasteiger partial charge in [-0.3, -0.25) is 9.89 Å². The molecular weight excluding hydrogens is 332 g/mol. The molecule has 2 saturated heterocycles. The van der Waals surface area contributed by atoms with E-state index in [0.29, 0.717) is 24.5 Å². The van der Waals surface area contributed by atoms with Crippen molar-refractivity contribution >= 4 is 5.91 Å². The number of amides is 1. The summed E-state index contributed by atoms with van der Waals surface area (Å²) < 4.78 is 11.8. The second kappa shape index (κ2) is 7.17. The van der Waals surface area contributed by atoms with Crippen LogP contribution in [0.4, 0.5) is 0 Å². The predicted molar refractivity (Wildman–Crippen MR) is 95.7 cm³/mol. The zero-order valence-electron chi connectivity index (χ0n) is 15.0. The highest BCUT2D eigenvalue weighted by molar-refractivity contribution is 5.94. The molecule has 26 heavy (non-hydrogen) atoms. The van der Waals surface area contributed by atoms with Gasteiger partial charge in [0.2, 0.25) is 0 Å². The molecule has 2 aliphatic heterocycles. The van der Waals surface area contributed by atoms with Gasteiger partial charge in [0, 0.05) is 37.9 Å². The quantitative estimate of drug-likeness (QED) is 0.912. The van der Waals surface area contributed by atoms with E-state index in [4.69, 9.17) is 9.47 Å². The van der Waals surface area contributed by atoms with Gasteiger partial charge in [0.25, 0.3) is 5.91 Å². The average Bonchev–Trinajstić information content (AvgIpc) is 3.23. The second-order valence-electron chi connectivity index (χ2n) is 6.98. The lowest BCUT2D eigenvalue weighted by Gasteiger charge is -2.48. The molecule has 0 radical (unpaired) electrons. The van der Waals surface area contributed by atoms with E-state index < -0.39 is 0 Å². The fourth-order valence-corrected chi connectivity index (χ4v) is 4.09. The number of hydrogen-bond donors (Lipinski definition) is 1. The number of carbonyl (C=O) groups is 1. The highest BCUT2D eigenvalue weighted by Crippen LogP contribution is 2.37. The van der Waals surface area contributed by atoms with Crippen molar-refractivity contribution in [3.05, 3.63) is 36.2 Å². The largest absolute Gasteiger partial charge is 0.378 e. The molecule has 4 rings (SSSR count). The van der Waals surface area contributed by atoms with Gasteiger partial charge in [-0.1, -0.05) is 12.1 Å². The fraction of sp³-hybridized carbons (Fsp3) is 0.526. The minimum atomic E-state index is -0.222. The van der Waals surface area contributed by atoms with Crippen LogP contribution in [-0.2, 0) is 9.47 Å². The molecule has 3 heterocycles. The molecule has 7 heteroatoms. The van der Waals surface area contributed by atoms with E-state index in [1.807, 2.05) is 29.2 Å². The molecule has 2 aromatic rings. The van der Waals surface area contributed by atoms with Crippen molar-refractivity contribution in [1.82, 2.24) is 20.1 Å². The summed E-state index contributed by atoms with van der Waals surface area (Å²) in [4.78, 5) is 18.9. The van der Waals surface area contributed by atoms with E-state index >= 15 is 0 Å². The topological polar surface area (TPSA) is 80.3 Å². The number of nitrogens with one attached hydrogen (secondary N) is 1. The molecule has 1 atom stereocenters. The van der Waals surface area contributed by atoms with Crippen LogP contribution in [0, 0.1) is 0 Å². The number of aromatic amines is 1. The van der Waals surface area contributed by atoms with Gasteiger partial charge in [0.1, 0.15) is 6.33 Å². The number of aromatic nitrogens is 3. The molecule has 1 aromatic carbocycles. The van der Waals surface area contributed by atoms with E-state index in [1.54, 1.807) is 7.11 Å². The number of piperidine rings is 1. The molecular formula is C19H24N4O3. The molecule has 2 aliphatic rings. The Morgan fingerprint density at radius 3 is 2.73 bits per heavy atom. The smallest absolute Gasteiger partial charge is 0.253 e. The Labute approximate surface area is 152 Å². The maximum atomic E-state index is 12.8. The summed E-state index contributed by atoms with van der Waals surface area (Å²) in [6.45, 7) is 2.18. The van der Waals surface area contributed by atoms with Crippen LogP contribution in [-0.4, -0.2) is 64.5 Å². The van der Waals surface area contributed by atoms with Crippen LogP contribution in [0.15, 0.2) is 30.6 Å². The number of benzene rings is 1. The minimum Gasteiger partial charge on any atom is -0.378 e. The highest BCUT2D eigenvalue weighted by atomic mass is 16.5. The third-order valence-corrected chi connectivity index (χ3v) is 5.59. The maximum absolute atomic E-state index is 12.8. The van der Waals surface area contributed by atoms with Crippen LogP contribution in [0.1, 0.15) is 36.0 Å². The lowest BCUT2D eigenvalue weighted by Crippen LogP contribution is -2.56. The maximum Gasteiger partial charge on any atom is 0.253 e. The molecule has 0 unspecified atom stereocenters. The third kappa shape index (κ3) is 3.12. The summed E-state index contributed by atoms with van der Waals surface area (Å²) in [5, 5.41) is 6.68. The van der Waals surface area contributed by atoms with Crippen molar-refractivity contribution in [2.24, 2.45) is 0 Å². The van der Waals surface area contributed by atoms with Crippen molar-refractivity contribution in [3.63, 3.8) is 0 Å². The lowest BCUT2D eigenvalue weighted by atomic mass is 9.81. The van der Waals surface area contributed by atoms with Gasteiger partial charge in [0.05, 0.1) is 11.7 Å². The predicted octanol–water partition coefficient (Wildman–Crippen LogP) is 2.27. The summed E-state index contributed by atoms with van der Waals surface area (Å²) in [6.07, 6.45) is 5.34. The van der Waals surface area contributed by atoms with Crippen LogP contribution < -0.4 is 0 Å². The Morgan fingerprint density at radius 1 is 1.31 bits per heavy atom. The number of likely N-dealkylation sites (tertiary alicyclic amines) is 1. The highest BCUT2D eigenvalue weighted by Gasteiger charge is 2.45. The van der Waals surface area contributed by atoms with E-state index in [1.165, 1.54) is 6.33 Å². The Hall–Kier alpha value is -2.25. The molecule has 1 aromatic heterocycles. The zero-order chi connectivity index (χ0) is 18.0. The van der Waals surface area contributed by atoms with Crippen molar-refractivity contribution in [3.8, 4) is 11.4 Å². The van der Waals surface area contributed by atoms with Crippen molar-refractivity contribution in [1.29, 1.82) is 0 Å². The van der Waals surface area contributed by atoms with Crippen LogP contribution in [0.5, 0.6) is 0 Å². The number of hydrogen-bond acceptors (Lipinski definition) is 5. The summed E-state index contributed by atoms with van der Waals surface area (Å²) >= 11 is 0. The van der Waals surface area contributed by atoms with Gasteiger partial charge in [-0.15, -0.1) is 0 Å². The molecule has 0 bridgehead atoms. The van der Waals surface area contributed by atoms with Crippen LogP contribution >= 0.6 is 0 Å². The van der Waals surface area contributed by atoms with Crippen LogP contribution in [0.3, 0.4) is 0 Å². The second-order valence-corrected chi connectivity index (χ2v) is 6.98. The molecule has 0 saturated carbocycles. The molecule has 1 spiro atoms. The average molecular weight is 356 g/mol. The third-order valence-electron chi connectivity index (χ3n) is 5.59. The molecule has 1 amide bonds. The summed E-state index contributed by atoms with van der Waals surface area (Å²) in [5.74, 6) is 0.762. The number of carbonyl (C=O) groups excluding carboxylic acids is 1. The summed E-state index contributed by atoms with van der Waals surface area (Å²) in [7, 11) is 1.76. The van der Waals surface area contributed by atoms with Gasteiger partial charge < -0.3 is 14.4 Å². The monoisotopic (exact) mass is 356 g/mol. The first-order valence-corrected chi connectivity index (χ1v) is 9.14. The Kier molecular flexibility index (Phi) is 4.74. The minimum absolute atomic E-state index is 0.0637. The van der Waals surface area contributed by atoms with E-state index in [-0.39, 0.29) is 17.6 Å². The summed E-state index contributed by atoms with van der Waals surface area (Å²) in [5.41, 5.74) is 1.38. The van der Waals surface area contributed by atoms with Gasteiger partial charge >= 0.3 is 0 Å². The molecule has 1 N–H and O–H groups in total. The van der Waals surface area contributed by atoms with Crippen LogP contribution in [0.25, 0.3) is 11.4 Å². The van der Waals surface area contributed by atoms with Gasteiger partial charge in [-0.25, -0.2) is 4.98 Å². The number of methoxy groups -OCH3 is 1. The first-order valence-electron chi connectivity index (χ1n) is 9.14. The molecule has 2 fully saturated rings. The SMILES string of the molecule is CO[C@H]1CCCOC12CCN(C(=O)c1ccc(-c3ncn[nH]3)cc1)CC2. The van der Waals surface area contributed by atoms with E-state index in [9.17, 15) is 4.79 Å². The van der Waals surface area contributed by atoms with Crippen molar-refractivity contribution < 1.29 is 14.3 Å². The van der Waals surface area contributed by atoms with Crippen LogP contribution in [0.2, 0.25) is 0 Å². The Bertz CT molecular complexity index is 737. The number of H-pyrrole nitrogens is 1.